The number of ketones is 1. The molecule has 1 amide bonds. The molecule has 2 N–H and O–H groups in total. The number of allylic oxidation sites excluding steroid dienone is 2. The quantitative estimate of drug-likeness (QED) is 0.325. The van der Waals surface area contributed by atoms with E-state index in [1.165, 1.54) is 31.3 Å². The Labute approximate surface area is 206 Å². The minimum Gasteiger partial charge on any atom is -0.295 e. The van der Waals surface area contributed by atoms with Gasteiger partial charge in [0.15, 0.2) is 5.78 Å². The van der Waals surface area contributed by atoms with Crippen LogP contribution < -0.4 is 5.48 Å². The number of hydrogen-bond donors (Lipinski definition) is 2. The molecule has 0 aromatic rings. The molecular weight excluding hydrogens is 422 g/mol. The van der Waals surface area contributed by atoms with Crippen molar-refractivity contribution in [3.05, 3.63) is 11.6 Å². The number of amides is 1. The second-order valence-electron chi connectivity index (χ2n) is 15.0. The van der Waals surface area contributed by atoms with Crippen LogP contribution in [0.2, 0.25) is 0 Å². The predicted octanol–water partition coefficient (Wildman–Crippen LogP) is 6.86. The number of hydroxylamine groups is 1. The summed E-state index contributed by atoms with van der Waals surface area (Å²) in [4.78, 5) is 26.9. The second kappa shape index (κ2) is 7.20. The summed E-state index contributed by atoms with van der Waals surface area (Å²) >= 11 is 0. The highest BCUT2D eigenvalue weighted by Gasteiger charge is 2.69. The lowest BCUT2D eigenvalue weighted by molar-refractivity contribution is -0.185. The molecule has 5 aliphatic carbocycles. The normalized spacial score (nSPS) is 51.8. The van der Waals surface area contributed by atoms with E-state index in [9.17, 15) is 14.8 Å². The third kappa shape index (κ3) is 2.93. The number of hydrogen-bond acceptors (Lipinski definition) is 3. The topological polar surface area (TPSA) is 66.4 Å². The molecule has 0 aliphatic heterocycles. The number of carbonyl (C=O) groups is 2. The highest BCUT2D eigenvalue weighted by atomic mass is 16.5. The van der Waals surface area contributed by atoms with Crippen LogP contribution in [0.3, 0.4) is 0 Å². The molecule has 0 aromatic heterocycles. The van der Waals surface area contributed by atoms with Crippen LogP contribution in [0.4, 0.5) is 0 Å². The fourth-order valence-electron chi connectivity index (χ4n) is 10.6. The first kappa shape index (κ1) is 24.5. The molecule has 190 valence electrons. The second-order valence-corrected chi connectivity index (χ2v) is 15.0. The van der Waals surface area contributed by atoms with Gasteiger partial charge in [-0.3, -0.25) is 14.8 Å². The molecule has 0 bridgehead atoms. The number of rotatable bonds is 1. The third-order valence-corrected chi connectivity index (χ3v) is 13.0. The van der Waals surface area contributed by atoms with Crippen LogP contribution in [-0.2, 0) is 9.59 Å². The standard InChI is InChI=1S/C30H47NO3/c1-25(2)10-8-11-28(5)22(25)9-12-30(7)23(28)21(32)17-19-20-18-27(4,24(33)31-34)14-13-26(20,3)15-16-29(19,30)6/h17,20,22-23,34H,8-16,18H2,1-7H3,(H,31,33)/t20?,22?,23?,26-,27+,28+,29-,30-/m1/s1. The summed E-state index contributed by atoms with van der Waals surface area (Å²) in [6, 6.07) is 0. The zero-order chi connectivity index (χ0) is 24.9. The number of carbonyl (C=O) groups excluding carboxylic acids is 2. The van der Waals surface area contributed by atoms with Gasteiger partial charge in [-0.1, -0.05) is 60.5 Å². The van der Waals surface area contributed by atoms with Crippen LogP contribution >= 0.6 is 0 Å². The first-order valence-corrected chi connectivity index (χ1v) is 13.9. The minimum absolute atomic E-state index is 0.0146. The van der Waals surface area contributed by atoms with Gasteiger partial charge in [-0.05, 0) is 103 Å². The molecule has 0 aromatic carbocycles. The van der Waals surface area contributed by atoms with E-state index in [0.29, 0.717) is 17.1 Å². The average molecular weight is 470 g/mol. The Balaban J connectivity index is 1.61. The van der Waals surface area contributed by atoms with E-state index in [0.717, 1.165) is 38.5 Å². The van der Waals surface area contributed by atoms with Crippen LogP contribution in [-0.4, -0.2) is 16.9 Å². The maximum absolute atomic E-state index is 14.2. The molecule has 0 heterocycles. The summed E-state index contributed by atoms with van der Waals surface area (Å²) in [6.07, 6.45) is 12.9. The molecule has 5 aliphatic rings. The lowest BCUT2D eigenvalue weighted by Crippen LogP contribution is -2.65. The molecule has 0 radical (unpaired) electrons. The summed E-state index contributed by atoms with van der Waals surface area (Å²) < 4.78 is 0. The van der Waals surface area contributed by atoms with E-state index in [1.807, 2.05) is 12.4 Å². The van der Waals surface area contributed by atoms with Crippen LogP contribution in [0.1, 0.15) is 113 Å². The van der Waals surface area contributed by atoms with Crippen molar-refractivity contribution in [2.45, 2.75) is 113 Å². The van der Waals surface area contributed by atoms with Gasteiger partial charge in [0, 0.05) is 11.3 Å². The maximum atomic E-state index is 14.2. The predicted molar refractivity (Wildman–Crippen MR) is 134 cm³/mol. The van der Waals surface area contributed by atoms with Gasteiger partial charge in [0.1, 0.15) is 0 Å². The van der Waals surface area contributed by atoms with Crippen molar-refractivity contribution < 1.29 is 14.8 Å². The van der Waals surface area contributed by atoms with Gasteiger partial charge in [-0.15, -0.1) is 0 Å². The van der Waals surface area contributed by atoms with Crippen LogP contribution in [0.5, 0.6) is 0 Å². The molecule has 3 unspecified atom stereocenters. The van der Waals surface area contributed by atoms with Gasteiger partial charge in [-0.25, -0.2) is 5.48 Å². The Morgan fingerprint density at radius 2 is 1.62 bits per heavy atom. The minimum atomic E-state index is -0.587. The zero-order valence-electron chi connectivity index (χ0n) is 22.6. The summed E-state index contributed by atoms with van der Waals surface area (Å²) in [7, 11) is 0. The molecule has 5 rings (SSSR count). The Kier molecular flexibility index (Phi) is 5.20. The van der Waals surface area contributed by atoms with Gasteiger partial charge in [0.05, 0.1) is 0 Å². The Morgan fingerprint density at radius 1 is 0.941 bits per heavy atom. The van der Waals surface area contributed by atoms with E-state index < -0.39 is 5.41 Å². The Morgan fingerprint density at radius 3 is 2.29 bits per heavy atom. The summed E-state index contributed by atoms with van der Waals surface area (Å²) in [5, 5.41) is 9.45. The molecular formula is C30H47NO3. The van der Waals surface area contributed by atoms with Crippen LogP contribution in [0.15, 0.2) is 11.6 Å². The molecule has 4 fully saturated rings. The smallest absolute Gasteiger partial charge is 0.249 e. The molecule has 4 heteroatoms. The Bertz CT molecular complexity index is 953. The fraction of sp³-hybridized carbons (Fsp3) is 0.867. The van der Waals surface area contributed by atoms with Gasteiger partial charge in [0.25, 0.3) is 0 Å². The van der Waals surface area contributed by atoms with Crippen molar-refractivity contribution in [1.82, 2.24) is 5.48 Å². The van der Waals surface area contributed by atoms with Gasteiger partial charge >= 0.3 is 0 Å². The lowest BCUT2D eigenvalue weighted by Gasteiger charge is -2.70. The van der Waals surface area contributed by atoms with E-state index in [4.69, 9.17) is 0 Å². The number of fused-ring (bicyclic) bond motifs is 7. The third-order valence-electron chi connectivity index (χ3n) is 13.0. The summed E-state index contributed by atoms with van der Waals surface area (Å²) in [6.45, 7) is 16.6. The first-order chi connectivity index (χ1) is 15.7. The van der Waals surface area contributed by atoms with Crippen molar-refractivity contribution in [3.8, 4) is 0 Å². The zero-order valence-corrected chi connectivity index (χ0v) is 22.6. The van der Waals surface area contributed by atoms with Gasteiger partial charge in [-0.2, -0.15) is 0 Å². The maximum Gasteiger partial charge on any atom is 0.249 e. The van der Waals surface area contributed by atoms with Crippen molar-refractivity contribution in [1.29, 1.82) is 0 Å². The van der Waals surface area contributed by atoms with Gasteiger partial charge in [0.2, 0.25) is 5.91 Å². The fourth-order valence-corrected chi connectivity index (χ4v) is 10.6. The van der Waals surface area contributed by atoms with E-state index >= 15 is 0 Å². The molecule has 0 spiro atoms. The van der Waals surface area contributed by atoms with E-state index in [-0.39, 0.29) is 39.4 Å². The molecule has 0 saturated heterocycles. The monoisotopic (exact) mass is 469 g/mol. The largest absolute Gasteiger partial charge is 0.295 e. The Hall–Kier alpha value is -1.16. The molecule has 34 heavy (non-hydrogen) atoms. The van der Waals surface area contributed by atoms with Crippen molar-refractivity contribution in [3.63, 3.8) is 0 Å². The first-order valence-electron chi connectivity index (χ1n) is 13.9. The van der Waals surface area contributed by atoms with Crippen LogP contribution in [0, 0.1) is 50.2 Å². The summed E-state index contributed by atoms with van der Waals surface area (Å²) in [5.74, 6) is 1.01. The number of nitrogens with one attached hydrogen (secondary N) is 1. The van der Waals surface area contributed by atoms with E-state index in [1.54, 1.807) is 0 Å². The molecule has 4 nitrogen and oxygen atoms in total. The SMILES string of the molecule is CC1(C)CCC[C@@]2(C)C1CC[C@]1(C)C2C(=O)C=C2C3C[C@@](C)(C(=O)NO)CC[C@]3(C)CC[C@]21C. The highest BCUT2D eigenvalue weighted by molar-refractivity contribution is 5.95. The van der Waals surface area contributed by atoms with Crippen molar-refractivity contribution in [2.75, 3.05) is 0 Å². The molecule has 4 saturated carbocycles. The van der Waals surface area contributed by atoms with Crippen LogP contribution in [0.25, 0.3) is 0 Å². The van der Waals surface area contributed by atoms with E-state index in [2.05, 4.69) is 47.6 Å². The van der Waals surface area contributed by atoms with Gasteiger partial charge < -0.3 is 0 Å². The van der Waals surface area contributed by atoms with Crippen molar-refractivity contribution >= 4 is 11.7 Å². The van der Waals surface area contributed by atoms with Crippen molar-refractivity contribution in [2.24, 2.45) is 50.2 Å². The average Bonchev–Trinajstić information content (AvgIpc) is 2.75. The highest BCUT2D eigenvalue weighted by Crippen LogP contribution is 2.75. The lowest BCUT2D eigenvalue weighted by atomic mass is 9.33. The summed E-state index contributed by atoms with van der Waals surface area (Å²) in [5.41, 5.74) is 3.12. The molecule has 8 atom stereocenters.